The van der Waals surface area contributed by atoms with Crippen molar-refractivity contribution in [1.29, 1.82) is 0 Å². The second-order valence-electron chi connectivity index (χ2n) is 10.7. The average molecular weight is 557 g/mol. The monoisotopic (exact) mass is 556 g/mol. The Kier molecular flexibility index (Phi) is 8.41. The molecule has 7 nitrogen and oxygen atoms in total. The lowest BCUT2D eigenvalue weighted by atomic mass is 9.81. The van der Waals surface area contributed by atoms with Gasteiger partial charge in [0, 0.05) is 17.4 Å². The first-order valence-corrected chi connectivity index (χ1v) is 13.3. The number of carboxylic acid groups (broad SMARTS) is 1. The van der Waals surface area contributed by atoms with E-state index in [0.29, 0.717) is 24.2 Å². The van der Waals surface area contributed by atoms with E-state index >= 15 is 0 Å². The fraction of sp³-hybridized carbons (Fsp3) is 0.400. The summed E-state index contributed by atoms with van der Waals surface area (Å²) in [6, 6.07) is 12.0. The molecule has 3 atom stereocenters. The summed E-state index contributed by atoms with van der Waals surface area (Å²) >= 11 is 0. The molecule has 0 bridgehead atoms. The van der Waals surface area contributed by atoms with Gasteiger partial charge in [0.1, 0.15) is 5.54 Å². The van der Waals surface area contributed by atoms with Gasteiger partial charge in [-0.2, -0.15) is 13.2 Å². The van der Waals surface area contributed by atoms with E-state index in [-0.39, 0.29) is 18.3 Å². The van der Waals surface area contributed by atoms with Crippen molar-refractivity contribution in [3.05, 3.63) is 82.6 Å². The van der Waals surface area contributed by atoms with Crippen LogP contribution in [0.15, 0.2) is 65.9 Å². The topological polar surface area (TPSA) is 98.9 Å². The quantitative estimate of drug-likeness (QED) is 0.295. The van der Waals surface area contributed by atoms with E-state index in [2.05, 4.69) is 5.43 Å². The molecule has 214 valence electrons. The minimum Gasteiger partial charge on any atom is -0.480 e. The minimum atomic E-state index is -4.57. The van der Waals surface area contributed by atoms with Crippen molar-refractivity contribution in [2.75, 3.05) is 18.8 Å². The van der Waals surface area contributed by atoms with Crippen molar-refractivity contribution < 1.29 is 27.9 Å². The zero-order valence-corrected chi connectivity index (χ0v) is 22.8. The average Bonchev–Trinajstić information content (AvgIpc) is 2.91. The van der Waals surface area contributed by atoms with Gasteiger partial charge in [-0.05, 0) is 86.7 Å². The van der Waals surface area contributed by atoms with Crippen molar-refractivity contribution in [2.45, 2.75) is 63.8 Å². The van der Waals surface area contributed by atoms with Crippen LogP contribution in [0.5, 0.6) is 0 Å². The zero-order chi connectivity index (χ0) is 29.2. The number of rotatable bonds is 8. The van der Waals surface area contributed by atoms with E-state index in [4.69, 9.17) is 5.73 Å². The van der Waals surface area contributed by atoms with Crippen LogP contribution in [0.4, 0.5) is 18.9 Å². The summed E-state index contributed by atoms with van der Waals surface area (Å²) in [6.45, 7) is 5.73. The molecule has 2 heterocycles. The SMILES string of the molecule is CC1=C(c2ccccc2)C=C([C@H]2CCCCN2CC(=O)O)N(N[C@H](C)c2cc(N)cc(C(F)(F)F)c2)[C@@]1(C)C=O. The van der Waals surface area contributed by atoms with Gasteiger partial charge in [-0.25, -0.2) is 5.43 Å². The number of anilines is 1. The molecule has 4 N–H and O–H groups in total. The van der Waals surface area contributed by atoms with Crippen molar-refractivity contribution >= 4 is 23.5 Å². The second-order valence-corrected chi connectivity index (χ2v) is 10.7. The molecule has 1 saturated heterocycles. The highest BCUT2D eigenvalue weighted by Gasteiger charge is 2.44. The highest BCUT2D eigenvalue weighted by molar-refractivity contribution is 5.86. The number of aliphatic carboxylic acids is 1. The standard InChI is InChI=1S/C30H35F3N4O3/c1-19-25(21-9-5-4-6-10-21)16-27(26-11-7-8-12-36(26)17-28(39)40)37(29(19,3)18-38)35-20(2)22-13-23(30(31,32)33)15-24(34)14-22/h4-6,9-10,13-16,18,20,26,35H,7-8,11-12,17,34H2,1-3H3,(H,39,40)/t20-,26-,29+/m1/s1. The van der Waals surface area contributed by atoms with E-state index in [9.17, 15) is 27.9 Å². The third-order valence-corrected chi connectivity index (χ3v) is 7.91. The summed E-state index contributed by atoms with van der Waals surface area (Å²) < 4.78 is 40.7. The van der Waals surface area contributed by atoms with Crippen LogP contribution in [0.1, 0.15) is 62.8 Å². The van der Waals surface area contributed by atoms with Crippen LogP contribution in [0, 0.1) is 0 Å². The van der Waals surface area contributed by atoms with Crippen molar-refractivity contribution in [2.24, 2.45) is 0 Å². The van der Waals surface area contributed by atoms with Gasteiger partial charge in [0.15, 0.2) is 6.29 Å². The largest absolute Gasteiger partial charge is 0.480 e. The number of piperidine rings is 1. The molecule has 40 heavy (non-hydrogen) atoms. The lowest BCUT2D eigenvalue weighted by Gasteiger charge is -2.50. The van der Waals surface area contributed by atoms with Gasteiger partial charge in [-0.15, -0.1) is 0 Å². The number of benzene rings is 2. The summed E-state index contributed by atoms with van der Waals surface area (Å²) in [5.74, 6) is -0.955. The van der Waals surface area contributed by atoms with Crippen LogP contribution < -0.4 is 11.2 Å². The Morgan fingerprint density at radius 3 is 2.55 bits per heavy atom. The first kappa shape index (κ1) is 29.4. The first-order chi connectivity index (χ1) is 18.8. The third-order valence-electron chi connectivity index (χ3n) is 7.91. The summed E-state index contributed by atoms with van der Waals surface area (Å²) in [4.78, 5) is 26.5. The van der Waals surface area contributed by atoms with Crippen LogP contribution in [0.2, 0.25) is 0 Å². The predicted octanol–water partition coefficient (Wildman–Crippen LogP) is 5.42. The number of nitrogens with two attached hydrogens (primary N) is 1. The van der Waals surface area contributed by atoms with E-state index in [1.165, 1.54) is 6.07 Å². The number of hydrazine groups is 1. The molecular weight excluding hydrogens is 521 g/mol. The lowest BCUT2D eigenvalue weighted by molar-refractivity contribution is -0.139. The number of carbonyl (C=O) groups excluding carboxylic acids is 1. The lowest BCUT2D eigenvalue weighted by Crippen LogP contribution is -2.61. The van der Waals surface area contributed by atoms with Crippen LogP contribution in [0.3, 0.4) is 0 Å². The fourth-order valence-corrected chi connectivity index (χ4v) is 5.59. The molecule has 2 aromatic rings. The van der Waals surface area contributed by atoms with Gasteiger partial charge in [0.2, 0.25) is 0 Å². The van der Waals surface area contributed by atoms with Gasteiger partial charge < -0.3 is 15.6 Å². The molecule has 0 aliphatic carbocycles. The Bertz CT molecular complexity index is 1330. The molecule has 2 aromatic carbocycles. The highest BCUT2D eigenvalue weighted by Crippen LogP contribution is 2.42. The minimum absolute atomic E-state index is 0.0200. The number of halogens is 3. The van der Waals surface area contributed by atoms with Gasteiger partial charge in [-0.3, -0.25) is 14.7 Å². The zero-order valence-electron chi connectivity index (χ0n) is 22.8. The molecule has 0 amide bonds. The van der Waals surface area contributed by atoms with Gasteiger partial charge >= 0.3 is 12.1 Å². The number of hydrogen-bond donors (Lipinski definition) is 3. The van der Waals surface area contributed by atoms with E-state index in [1.54, 1.807) is 18.9 Å². The molecule has 0 saturated carbocycles. The molecule has 0 radical (unpaired) electrons. The predicted molar refractivity (Wildman–Crippen MR) is 148 cm³/mol. The van der Waals surface area contributed by atoms with E-state index < -0.39 is 29.3 Å². The number of hydrogen-bond acceptors (Lipinski definition) is 6. The van der Waals surface area contributed by atoms with Crippen LogP contribution >= 0.6 is 0 Å². The summed E-state index contributed by atoms with van der Waals surface area (Å²) in [5, 5.41) is 11.3. The van der Waals surface area contributed by atoms with Gasteiger partial charge in [0.25, 0.3) is 0 Å². The highest BCUT2D eigenvalue weighted by atomic mass is 19.4. The Morgan fingerprint density at radius 1 is 1.23 bits per heavy atom. The second kappa shape index (κ2) is 11.5. The number of nitrogen functional groups attached to an aromatic ring is 1. The Morgan fingerprint density at radius 2 is 1.93 bits per heavy atom. The van der Waals surface area contributed by atoms with E-state index in [1.807, 2.05) is 48.2 Å². The number of likely N-dealkylation sites (tertiary alicyclic amines) is 1. The summed E-state index contributed by atoms with van der Waals surface area (Å²) in [7, 11) is 0. The molecule has 4 rings (SSSR count). The Labute approximate surface area is 232 Å². The number of nitrogens with one attached hydrogen (secondary N) is 1. The van der Waals surface area contributed by atoms with Crippen molar-refractivity contribution in [3.63, 3.8) is 0 Å². The smallest absolute Gasteiger partial charge is 0.416 e. The third kappa shape index (κ3) is 5.93. The van der Waals surface area contributed by atoms with Crippen LogP contribution in [-0.2, 0) is 15.8 Å². The molecule has 10 heteroatoms. The van der Waals surface area contributed by atoms with Crippen LogP contribution in [-0.4, -0.2) is 51.9 Å². The van der Waals surface area contributed by atoms with Gasteiger partial charge in [0.05, 0.1) is 18.2 Å². The number of carboxylic acids is 1. The molecule has 2 aliphatic rings. The number of allylic oxidation sites excluding steroid dienone is 2. The maximum atomic E-state index is 13.6. The molecule has 2 aliphatic heterocycles. The fourth-order valence-electron chi connectivity index (χ4n) is 5.59. The van der Waals surface area contributed by atoms with Gasteiger partial charge in [-0.1, -0.05) is 36.8 Å². The van der Waals surface area contributed by atoms with Crippen LogP contribution in [0.25, 0.3) is 5.57 Å². The van der Waals surface area contributed by atoms with E-state index in [0.717, 1.165) is 48.0 Å². The number of carbonyl (C=O) groups is 2. The number of nitrogens with zero attached hydrogens (tertiary/aromatic N) is 2. The molecule has 0 aromatic heterocycles. The molecular formula is C30H35F3N4O3. The van der Waals surface area contributed by atoms with Crippen molar-refractivity contribution in [1.82, 2.24) is 15.3 Å². The summed E-state index contributed by atoms with van der Waals surface area (Å²) in [6.07, 6.45) is 0.603. The Balaban J connectivity index is 1.84. The maximum Gasteiger partial charge on any atom is 0.416 e. The Hall–Kier alpha value is -3.63. The number of aldehydes is 1. The van der Waals surface area contributed by atoms with Crippen molar-refractivity contribution in [3.8, 4) is 0 Å². The summed E-state index contributed by atoms with van der Waals surface area (Å²) in [5.41, 5.74) is 10.6. The molecule has 0 unspecified atom stereocenters. The maximum absolute atomic E-state index is 13.6. The molecule has 1 fully saturated rings. The number of alkyl halides is 3. The first-order valence-electron chi connectivity index (χ1n) is 13.3. The molecule has 0 spiro atoms. The normalized spacial score (nSPS) is 23.1.